The number of nitrogens with one attached hydrogen (secondary N) is 1. The van der Waals surface area contributed by atoms with Crippen molar-refractivity contribution in [2.45, 2.75) is 13.8 Å². The Morgan fingerprint density at radius 3 is 2.75 bits per heavy atom. The molecule has 1 aromatic carbocycles. The molecule has 0 spiro atoms. The average molecular weight is 284 g/mol. The Bertz CT molecular complexity index is 427. The van der Waals surface area contributed by atoms with E-state index in [1.165, 1.54) is 6.08 Å². The predicted octanol–water partition coefficient (Wildman–Crippen LogP) is 3.28. The van der Waals surface area contributed by atoms with Gasteiger partial charge in [-0.1, -0.05) is 22.0 Å². The maximum atomic E-state index is 11.5. The van der Waals surface area contributed by atoms with E-state index in [9.17, 15) is 4.79 Å². The smallest absolute Gasteiger partial charge is 0.248 e. The van der Waals surface area contributed by atoms with Gasteiger partial charge in [0.05, 0.1) is 12.8 Å². The highest BCUT2D eigenvalue weighted by Crippen LogP contribution is 2.31. The van der Waals surface area contributed by atoms with E-state index in [0.29, 0.717) is 11.4 Å². The molecule has 0 saturated heterocycles. The average Bonchev–Trinajstić information content (AvgIpc) is 2.22. The maximum absolute atomic E-state index is 11.5. The van der Waals surface area contributed by atoms with Crippen LogP contribution in [0.1, 0.15) is 12.5 Å². The lowest BCUT2D eigenvalue weighted by Crippen LogP contribution is -2.10. The third kappa shape index (κ3) is 3.10. The molecule has 0 aliphatic heterocycles. The molecule has 0 fully saturated rings. The molecule has 1 rings (SSSR count). The number of anilines is 1. The van der Waals surface area contributed by atoms with Gasteiger partial charge in [0, 0.05) is 4.47 Å². The summed E-state index contributed by atoms with van der Waals surface area (Å²) in [6.07, 6.45) is 3.16. The molecule has 4 heteroatoms. The van der Waals surface area contributed by atoms with Crippen LogP contribution in [0, 0.1) is 6.92 Å². The van der Waals surface area contributed by atoms with Crippen molar-refractivity contribution in [3.8, 4) is 5.75 Å². The number of aryl methyl sites for hydroxylation is 1. The van der Waals surface area contributed by atoms with Crippen molar-refractivity contribution < 1.29 is 9.53 Å². The molecule has 0 saturated carbocycles. The highest BCUT2D eigenvalue weighted by atomic mass is 79.9. The lowest BCUT2D eigenvalue weighted by molar-refractivity contribution is -0.111. The Hall–Kier alpha value is -1.29. The summed E-state index contributed by atoms with van der Waals surface area (Å²) >= 11 is 3.38. The summed E-state index contributed by atoms with van der Waals surface area (Å²) in [4.78, 5) is 11.5. The second-order valence-electron chi connectivity index (χ2n) is 3.29. The summed E-state index contributed by atoms with van der Waals surface area (Å²) in [7, 11) is 1.58. The van der Waals surface area contributed by atoms with E-state index >= 15 is 0 Å². The molecular formula is C12H14BrNO2. The van der Waals surface area contributed by atoms with Crippen molar-refractivity contribution in [3.05, 3.63) is 34.3 Å². The Morgan fingerprint density at radius 2 is 2.19 bits per heavy atom. The number of allylic oxidation sites excluding steroid dienone is 1. The third-order valence-electron chi connectivity index (χ3n) is 2.05. The first-order valence-corrected chi connectivity index (χ1v) is 5.65. The molecular weight excluding hydrogens is 270 g/mol. The highest BCUT2D eigenvalue weighted by Gasteiger charge is 2.09. The predicted molar refractivity (Wildman–Crippen MR) is 68.9 cm³/mol. The standard InChI is InChI=1S/C12H14BrNO2/c1-4-5-11(15)14-12-8(2)6-9(13)7-10(12)16-3/h4-7H,1-3H3,(H,14,15). The zero-order valence-electron chi connectivity index (χ0n) is 9.50. The van der Waals surface area contributed by atoms with Crippen LogP contribution < -0.4 is 10.1 Å². The lowest BCUT2D eigenvalue weighted by atomic mass is 10.2. The van der Waals surface area contributed by atoms with Gasteiger partial charge in [-0.2, -0.15) is 0 Å². The van der Waals surface area contributed by atoms with Gasteiger partial charge < -0.3 is 10.1 Å². The van der Waals surface area contributed by atoms with E-state index in [4.69, 9.17) is 4.74 Å². The molecule has 0 radical (unpaired) electrons. The van der Waals surface area contributed by atoms with Gasteiger partial charge in [-0.05, 0) is 37.6 Å². The number of amides is 1. The van der Waals surface area contributed by atoms with Gasteiger partial charge in [0.1, 0.15) is 5.75 Å². The first-order chi connectivity index (χ1) is 7.58. The molecule has 0 aromatic heterocycles. The summed E-state index contributed by atoms with van der Waals surface area (Å²) in [5, 5.41) is 2.79. The van der Waals surface area contributed by atoms with Gasteiger partial charge in [0.15, 0.2) is 0 Å². The minimum atomic E-state index is -0.161. The number of carbonyl (C=O) groups excluding carboxylic acids is 1. The van der Waals surface area contributed by atoms with Gasteiger partial charge in [-0.3, -0.25) is 4.79 Å². The summed E-state index contributed by atoms with van der Waals surface area (Å²) in [5.74, 6) is 0.482. The number of carbonyl (C=O) groups is 1. The van der Waals surface area contributed by atoms with Crippen LogP contribution >= 0.6 is 15.9 Å². The zero-order chi connectivity index (χ0) is 12.1. The number of rotatable bonds is 3. The minimum absolute atomic E-state index is 0.161. The quantitative estimate of drug-likeness (QED) is 0.865. The zero-order valence-corrected chi connectivity index (χ0v) is 11.1. The van der Waals surface area contributed by atoms with Crippen LogP contribution in [0.4, 0.5) is 5.69 Å². The molecule has 3 nitrogen and oxygen atoms in total. The number of hydrogen-bond donors (Lipinski definition) is 1. The topological polar surface area (TPSA) is 38.3 Å². The molecule has 86 valence electrons. The van der Waals surface area contributed by atoms with Crippen molar-refractivity contribution in [1.29, 1.82) is 0 Å². The van der Waals surface area contributed by atoms with Crippen molar-refractivity contribution >= 4 is 27.5 Å². The number of ether oxygens (including phenoxy) is 1. The molecule has 0 aliphatic rings. The summed E-state index contributed by atoms with van der Waals surface area (Å²) < 4.78 is 6.14. The van der Waals surface area contributed by atoms with Crippen LogP contribution in [-0.4, -0.2) is 13.0 Å². The van der Waals surface area contributed by atoms with Crippen LogP contribution in [0.15, 0.2) is 28.8 Å². The second-order valence-corrected chi connectivity index (χ2v) is 4.20. The van der Waals surface area contributed by atoms with Gasteiger partial charge in [0.2, 0.25) is 5.91 Å². The van der Waals surface area contributed by atoms with Gasteiger partial charge in [-0.15, -0.1) is 0 Å². The number of hydrogen-bond acceptors (Lipinski definition) is 2. The van der Waals surface area contributed by atoms with Crippen LogP contribution in [0.2, 0.25) is 0 Å². The molecule has 0 aliphatic carbocycles. The Kier molecular flexibility index (Phi) is 4.55. The minimum Gasteiger partial charge on any atom is -0.495 e. The van der Waals surface area contributed by atoms with Crippen LogP contribution in [0.25, 0.3) is 0 Å². The first-order valence-electron chi connectivity index (χ1n) is 4.86. The first kappa shape index (κ1) is 12.8. The number of methoxy groups -OCH3 is 1. The number of benzene rings is 1. The molecule has 1 aromatic rings. The van der Waals surface area contributed by atoms with Crippen molar-refractivity contribution in [1.82, 2.24) is 0 Å². The second kappa shape index (κ2) is 5.70. The largest absolute Gasteiger partial charge is 0.495 e. The van der Waals surface area contributed by atoms with Crippen LogP contribution in [0.5, 0.6) is 5.75 Å². The maximum Gasteiger partial charge on any atom is 0.248 e. The summed E-state index contributed by atoms with van der Waals surface area (Å²) in [5.41, 5.74) is 1.65. The van der Waals surface area contributed by atoms with Crippen molar-refractivity contribution in [2.24, 2.45) is 0 Å². The third-order valence-corrected chi connectivity index (χ3v) is 2.51. The number of halogens is 1. The molecule has 1 N–H and O–H groups in total. The van der Waals surface area contributed by atoms with E-state index in [0.717, 1.165) is 10.0 Å². The van der Waals surface area contributed by atoms with Crippen LogP contribution in [0.3, 0.4) is 0 Å². The fourth-order valence-electron chi connectivity index (χ4n) is 1.35. The van der Waals surface area contributed by atoms with Crippen molar-refractivity contribution in [3.63, 3.8) is 0 Å². The lowest BCUT2D eigenvalue weighted by Gasteiger charge is -2.12. The Labute approximate surface area is 104 Å². The molecule has 0 bridgehead atoms. The van der Waals surface area contributed by atoms with E-state index < -0.39 is 0 Å². The molecule has 1 amide bonds. The van der Waals surface area contributed by atoms with Gasteiger partial charge >= 0.3 is 0 Å². The molecule has 0 unspecified atom stereocenters. The fourth-order valence-corrected chi connectivity index (χ4v) is 1.90. The highest BCUT2D eigenvalue weighted by molar-refractivity contribution is 9.10. The molecule has 0 heterocycles. The monoisotopic (exact) mass is 283 g/mol. The van der Waals surface area contributed by atoms with Gasteiger partial charge in [-0.25, -0.2) is 0 Å². The van der Waals surface area contributed by atoms with E-state index in [-0.39, 0.29) is 5.91 Å². The normalized spacial score (nSPS) is 10.5. The summed E-state index contributed by atoms with van der Waals surface area (Å²) in [6.45, 7) is 3.71. The van der Waals surface area contributed by atoms with Gasteiger partial charge in [0.25, 0.3) is 0 Å². The van der Waals surface area contributed by atoms with Crippen molar-refractivity contribution in [2.75, 3.05) is 12.4 Å². The molecule has 0 atom stereocenters. The SMILES string of the molecule is CC=CC(=O)Nc1c(C)cc(Br)cc1OC. The van der Waals surface area contributed by atoms with E-state index in [2.05, 4.69) is 21.2 Å². The molecule has 16 heavy (non-hydrogen) atoms. The van der Waals surface area contributed by atoms with Crippen LogP contribution in [-0.2, 0) is 4.79 Å². The van der Waals surface area contributed by atoms with E-state index in [1.54, 1.807) is 20.1 Å². The Balaban J connectivity index is 3.07. The van der Waals surface area contributed by atoms with E-state index in [1.807, 2.05) is 19.1 Å². The fraction of sp³-hybridized carbons (Fsp3) is 0.250. The Morgan fingerprint density at radius 1 is 1.50 bits per heavy atom. The summed E-state index contributed by atoms with van der Waals surface area (Å²) in [6, 6.07) is 3.74.